The smallest absolute Gasteiger partial charge is 0.226 e. The summed E-state index contributed by atoms with van der Waals surface area (Å²) in [5.41, 5.74) is -0.353. The molecule has 19 heavy (non-hydrogen) atoms. The van der Waals surface area contributed by atoms with E-state index in [1.165, 1.54) is 0 Å². The number of carbonyl (C=O) groups excluding carboxylic acids is 1. The lowest BCUT2D eigenvalue weighted by atomic mass is 9.74. The van der Waals surface area contributed by atoms with Crippen LogP contribution in [0.5, 0.6) is 0 Å². The van der Waals surface area contributed by atoms with E-state index in [1.54, 1.807) is 0 Å². The van der Waals surface area contributed by atoms with E-state index in [1.807, 2.05) is 0 Å². The largest absolute Gasteiger partial charge is 0.376 e. The van der Waals surface area contributed by atoms with Gasteiger partial charge in [-0.15, -0.1) is 0 Å². The number of carbonyl (C=O) groups is 1. The number of piperidine rings is 1. The Morgan fingerprint density at radius 1 is 1.37 bits per heavy atom. The monoisotopic (exact) mass is 268 g/mol. The van der Waals surface area contributed by atoms with Crippen molar-refractivity contribution in [2.24, 2.45) is 5.41 Å². The van der Waals surface area contributed by atoms with Gasteiger partial charge in [0.05, 0.1) is 17.1 Å². The van der Waals surface area contributed by atoms with Gasteiger partial charge in [0.2, 0.25) is 5.91 Å². The molecule has 0 aliphatic carbocycles. The van der Waals surface area contributed by atoms with Crippen LogP contribution < -0.4 is 10.6 Å². The summed E-state index contributed by atoms with van der Waals surface area (Å²) in [6, 6.07) is 0. The first-order chi connectivity index (χ1) is 9.02. The third-order valence-corrected chi connectivity index (χ3v) is 5.06. The minimum Gasteiger partial charge on any atom is -0.376 e. The summed E-state index contributed by atoms with van der Waals surface area (Å²) in [6.07, 6.45) is 5.00. The molecular formula is C15H28N2O2. The maximum Gasteiger partial charge on any atom is 0.226 e. The van der Waals surface area contributed by atoms with E-state index in [4.69, 9.17) is 4.74 Å². The number of hydrogen-bond acceptors (Lipinski definition) is 3. The van der Waals surface area contributed by atoms with Crippen molar-refractivity contribution in [1.82, 2.24) is 10.6 Å². The van der Waals surface area contributed by atoms with Gasteiger partial charge in [0.25, 0.3) is 0 Å². The Labute approximate surface area is 116 Å². The van der Waals surface area contributed by atoms with Crippen molar-refractivity contribution < 1.29 is 9.53 Å². The van der Waals surface area contributed by atoms with Crippen molar-refractivity contribution in [2.45, 2.75) is 64.5 Å². The van der Waals surface area contributed by atoms with Crippen LogP contribution in [-0.4, -0.2) is 37.2 Å². The van der Waals surface area contributed by atoms with Crippen molar-refractivity contribution >= 4 is 5.91 Å². The lowest BCUT2D eigenvalue weighted by molar-refractivity contribution is -0.135. The second-order valence-corrected chi connectivity index (χ2v) is 6.41. The minimum absolute atomic E-state index is 0.108. The molecule has 110 valence electrons. The molecule has 2 unspecified atom stereocenters. The standard InChI is InChI=1S/C15H28N2O2/c1-4-5-15(6-9-16-10-7-15)13(18)17-14(3)8-11-19-12(14)2/h12,16H,4-11H2,1-3H3,(H,17,18). The molecule has 2 rings (SSSR count). The molecule has 0 spiro atoms. The average Bonchev–Trinajstić information content (AvgIpc) is 2.71. The number of amides is 1. The van der Waals surface area contributed by atoms with Crippen LogP contribution in [-0.2, 0) is 9.53 Å². The highest BCUT2D eigenvalue weighted by molar-refractivity contribution is 5.83. The zero-order valence-electron chi connectivity index (χ0n) is 12.6. The van der Waals surface area contributed by atoms with Crippen molar-refractivity contribution in [1.29, 1.82) is 0 Å². The van der Waals surface area contributed by atoms with Gasteiger partial charge in [0.15, 0.2) is 0 Å². The van der Waals surface area contributed by atoms with Gasteiger partial charge in [-0.25, -0.2) is 0 Å². The highest BCUT2D eigenvalue weighted by Crippen LogP contribution is 2.36. The summed E-state index contributed by atoms with van der Waals surface area (Å²) in [5, 5.41) is 6.67. The predicted octanol–water partition coefficient (Wildman–Crippen LogP) is 1.84. The molecule has 2 N–H and O–H groups in total. The topological polar surface area (TPSA) is 50.4 Å². The van der Waals surface area contributed by atoms with Crippen molar-refractivity contribution in [3.05, 3.63) is 0 Å². The van der Waals surface area contributed by atoms with Crippen LogP contribution >= 0.6 is 0 Å². The molecule has 2 aliphatic rings. The average molecular weight is 268 g/mol. The van der Waals surface area contributed by atoms with Crippen LogP contribution in [0.25, 0.3) is 0 Å². The Hall–Kier alpha value is -0.610. The summed E-state index contributed by atoms with van der Waals surface area (Å²) in [7, 11) is 0. The van der Waals surface area contributed by atoms with Crippen LogP contribution in [0.1, 0.15) is 52.9 Å². The first-order valence-electron chi connectivity index (χ1n) is 7.67. The molecule has 2 fully saturated rings. The van der Waals surface area contributed by atoms with E-state index in [-0.39, 0.29) is 23.0 Å². The lowest BCUT2D eigenvalue weighted by Gasteiger charge is -2.40. The summed E-state index contributed by atoms with van der Waals surface area (Å²) in [6.45, 7) is 9.00. The van der Waals surface area contributed by atoms with E-state index >= 15 is 0 Å². The normalized spacial score (nSPS) is 34.2. The van der Waals surface area contributed by atoms with Gasteiger partial charge in [-0.2, -0.15) is 0 Å². The third-order valence-electron chi connectivity index (χ3n) is 5.06. The third kappa shape index (κ3) is 2.95. The molecule has 2 saturated heterocycles. The summed E-state index contributed by atoms with van der Waals surface area (Å²) >= 11 is 0. The highest BCUT2D eigenvalue weighted by atomic mass is 16.5. The molecular weight excluding hydrogens is 240 g/mol. The minimum atomic E-state index is -0.192. The molecule has 0 saturated carbocycles. The van der Waals surface area contributed by atoms with E-state index in [2.05, 4.69) is 31.4 Å². The predicted molar refractivity (Wildman–Crippen MR) is 76.0 cm³/mol. The summed E-state index contributed by atoms with van der Waals surface area (Å²) in [5.74, 6) is 0.246. The summed E-state index contributed by atoms with van der Waals surface area (Å²) in [4.78, 5) is 12.8. The molecule has 0 aromatic rings. The van der Waals surface area contributed by atoms with E-state index in [0.717, 1.165) is 51.8 Å². The number of nitrogens with one attached hydrogen (secondary N) is 2. The Kier molecular flexibility index (Phi) is 4.51. The fraction of sp³-hybridized carbons (Fsp3) is 0.933. The fourth-order valence-electron chi connectivity index (χ4n) is 3.37. The van der Waals surface area contributed by atoms with E-state index in [9.17, 15) is 4.79 Å². The molecule has 2 aliphatic heterocycles. The van der Waals surface area contributed by atoms with Gasteiger partial charge >= 0.3 is 0 Å². The van der Waals surface area contributed by atoms with Crippen molar-refractivity contribution in [3.8, 4) is 0 Å². The van der Waals surface area contributed by atoms with Gasteiger partial charge in [0.1, 0.15) is 0 Å². The maximum atomic E-state index is 12.8. The highest BCUT2D eigenvalue weighted by Gasteiger charge is 2.44. The van der Waals surface area contributed by atoms with Crippen LogP contribution in [0, 0.1) is 5.41 Å². The quantitative estimate of drug-likeness (QED) is 0.818. The SMILES string of the molecule is CCCC1(C(=O)NC2(C)CCOC2C)CCNCC1. The zero-order valence-corrected chi connectivity index (χ0v) is 12.6. The zero-order chi connectivity index (χ0) is 13.9. The Balaban J connectivity index is 2.07. The molecule has 0 aromatic heterocycles. The molecule has 0 aromatic carbocycles. The van der Waals surface area contributed by atoms with Gasteiger partial charge in [-0.05, 0) is 52.6 Å². The second kappa shape index (κ2) is 5.80. The molecule has 4 nitrogen and oxygen atoms in total. The van der Waals surface area contributed by atoms with Crippen LogP contribution in [0.4, 0.5) is 0 Å². The molecule has 0 bridgehead atoms. The van der Waals surface area contributed by atoms with Crippen molar-refractivity contribution in [2.75, 3.05) is 19.7 Å². The Morgan fingerprint density at radius 2 is 2.05 bits per heavy atom. The first kappa shape index (κ1) is 14.8. The number of hydrogen-bond donors (Lipinski definition) is 2. The van der Waals surface area contributed by atoms with Crippen LogP contribution in [0.3, 0.4) is 0 Å². The first-order valence-corrected chi connectivity index (χ1v) is 7.67. The van der Waals surface area contributed by atoms with Gasteiger partial charge in [-0.3, -0.25) is 4.79 Å². The van der Waals surface area contributed by atoms with Gasteiger partial charge in [0, 0.05) is 6.61 Å². The maximum absolute atomic E-state index is 12.8. The Morgan fingerprint density at radius 3 is 2.58 bits per heavy atom. The molecule has 4 heteroatoms. The lowest BCUT2D eigenvalue weighted by Crippen LogP contribution is -2.57. The Bertz CT molecular complexity index is 321. The fourth-order valence-corrected chi connectivity index (χ4v) is 3.37. The van der Waals surface area contributed by atoms with Gasteiger partial charge in [-0.1, -0.05) is 13.3 Å². The van der Waals surface area contributed by atoms with Crippen molar-refractivity contribution in [3.63, 3.8) is 0 Å². The number of ether oxygens (including phenoxy) is 1. The molecule has 0 radical (unpaired) electrons. The molecule has 2 atom stereocenters. The van der Waals surface area contributed by atoms with Crippen LogP contribution in [0.15, 0.2) is 0 Å². The summed E-state index contributed by atoms with van der Waals surface area (Å²) < 4.78 is 5.62. The molecule has 1 amide bonds. The second-order valence-electron chi connectivity index (χ2n) is 6.41. The van der Waals surface area contributed by atoms with Gasteiger partial charge < -0.3 is 15.4 Å². The van der Waals surface area contributed by atoms with E-state index in [0.29, 0.717) is 0 Å². The van der Waals surface area contributed by atoms with Crippen LogP contribution in [0.2, 0.25) is 0 Å². The number of rotatable bonds is 4. The molecule has 2 heterocycles. The van der Waals surface area contributed by atoms with E-state index < -0.39 is 0 Å².